The van der Waals surface area contributed by atoms with Crippen LogP contribution in [0.2, 0.25) is 0 Å². The largest absolute Gasteiger partial charge is 0.465 e. The van der Waals surface area contributed by atoms with Crippen molar-refractivity contribution in [1.82, 2.24) is 0 Å². The van der Waals surface area contributed by atoms with Crippen molar-refractivity contribution in [2.24, 2.45) is 0 Å². The number of hydrogen-bond donors (Lipinski definition) is 1. The predicted molar refractivity (Wildman–Crippen MR) is 76.9 cm³/mol. The minimum atomic E-state index is -0.554. The summed E-state index contributed by atoms with van der Waals surface area (Å²) in [4.78, 5) is 23.9. The fraction of sp³-hybridized carbons (Fsp3) is 0.125. The quantitative estimate of drug-likeness (QED) is 0.882. The van der Waals surface area contributed by atoms with E-state index in [4.69, 9.17) is 0 Å². The number of nitrogens with one attached hydrogen (secondary N) is 1. The first kappa shape index (κ1) is 14.7. The molecule has 0 saturated carbocycles. The van der Waals surface area contributed by atoms with E-state index in [1.54, 1.807) is 31.2 Å². The van der Waals surface area contributed by atoms with Gasteiger partial charge in [0.25, 0.3) is 5.91 Å². The van der Waals surface area contributed by atoms with Gasteiger partial charge in [-0.2, -0.15) is 0 Å². The van der Waals surface area contributed by atoms with Crippen LogP contribution in [0.5, 0.6) is 0 Å². The van der Waals surface area contributed by atoms with Crippen molar-refractivity contribution in [3.05, 3.63) is 65.0 Å². The Balaban J connectivity index is 2.32. The molecule has 5 heteroatoms. The van der Waals surface area contributed by atoms with E-state index >= 15 is 0 Å². The number of carbonyl (C=O) groups is 2. The summed E-state index contributed by atoms with van der Waals surface area (Å²) in [6.07, 6.45) is 0. The van der Waals surface area contributed by atoms with Crippen LogP contribution in [0, 0.1) is 12.7 Å². The Morgan fingerprint density at radius 3 is 2.52 bits per heavy atom. The minimum Gasteiger partial charge on any atom is -0.465 e. The topological polar surface area (TPSA) is 55.4 Å². The first-order valence-corrected chi connectivity index (χ1v) is 6.27. The van der Waals surface area contributed by atoms with E-state index in [9.17, 15) is 14.0 Å². The molecule has 2 aromatic rings. The maximum Gasteiger partial charge on any atom is 0.339 e. The average Bonchev–Trinajstić information content (AvgIpc) is 2.49. The van der Waals surface area contributed by atoms with Crippen LogP contribution in [0.25, 0.3) is 0 Å². The molecule has 0 atom stereocenters. The van der Waals surface area contributed by atoms with Crippen molar-refractivity contribution in [1.29, 1.82) is 0 Å². The van der Waals surface area contributed by atoms with Crippen molar-refractivity contribution in [2.45, 2.75) is 6.92 Å². The highest BCUT2D eigenvalue weighted by atomic mass is 19.1. The number of methoxy groups -OCH3 is 1. The van der Waals surface area contributed by atoms with Crippen LogP contribution in [0.1, 0.15) is 26.3 Å². The number of halogens is 1. The number of benzene rings is 2. The highest BCUT2D eigenvalue weighted by Gasteiger charge is 2.15. The molecule has 0 bridgehead atoms. The highest BCUT2D eigenvalue weighted by molar-refractivity contribution is 6.08. The SMILES string of the molecule is COC(=O)c1ccccc1NC(=O)c1cc(F)ccc1C. The Kier molecular flexibility index (Phi) is 4.33. The van der Waals surface area contributed by atoms with E-state index in [1.807, 2.05) is 0 Å². The van der Waals surface area contributed by atoms with Crippen LogP contribution in [-0.2, 0) is 4.74 Å². The Morgan fingerprint density at radius 2 is 1.81 bits per heavy atom. The Labute approximate surface area is 121 Å². The second-order valence-corrected chi connectivity index (χ2v) is 4.45. The minimum absolute atomic E-state index is 0.217. The fourth-order valence-corrected chi connectivity index (χ4v) is 1.91. The van der Waals surface area contributed by atoms with Crippen LogP contribution in [0.15, 0.2) is 42.5 Å². The van der Waals surface area contributed by atoms with E-state index in [1.165, 1.54) is 19.2 Å². The van der Waals surface area contributed by atoms with Crippen LogP contribution in [-0.4, -0.2) is 19.0 Å². The van der Waals surface area contributed by atoms with Crippen LogP contribution < -0.4 is 5.32 Å². The maximum absolute atomic E-state index is 13.3. The molecule has 0 unspecified atom stereocenters. The molecule has 0 radical (unpaired) electrons. The molecule has 1 N–H and O–H groups in total. The third-order valence-corrected chi connectivity index (χ3v) is 3.02. The van der Waals surface area contributed by atoms with Gasteiger partial charge in [0.05, 0.1) is 18.4 Å². The van der Waals surface area contributed by atoms with Crippen molar-refractivity contribution in [3.63, 3.8) is 0 Å². The van der Waals surface area contributed by atoms with Crippen LogP contribution >= 0.6 is 0 Å². The van der Waals surface area contributed by atoms with E-state index in [-0.39, 0.29) is 11.1 Å². The summed E-state index contributed by atoms with van der Waals surface area (Å²) >= 11 is 0. The zero-order valence-corrected chi connectivity index (χ0v) is 11.6. The number of aryl methyl sites for hydroxylation is 1. The summed E-state index contributed by atoms with van der Waals surface area (Å²) < 4.78 is 17.9. The second kappa shape index (κ2) is 6.17. The summed E-state index contributed by atoms with van der Waals surface area (Å²) in [6, 6.07) is 10.4. The number of esters is 1. The number of anilines is 1. The molecule has 0 aromatic heterocycles. The van der Waals surface area contributed by atoms with E-state index < -0.39 is 17.7 Å². The van der Waals surface area contributed by atoms with Crippen LogP contribution in [0.3, 0.4) is 0 Å². The predicted octanol–water partition coefficient (Wildman–Crippen LogP) is 3.17. The smallest absolute Gasteiger partial charge is 0.339 e. The molecule has 0 spiro atoms. The van der Waals surface area contributed by atoms with E-state index in [2.05, 4.69) is 10.1 Å². The third kappa shape index (κ3) is 3.25. The van der Waals surface area contributed by atoms with Crippen LogP contribution in [0.4, 0.5) is 10.1 Å². The summed E-state index contributed by atoms with van der Waals surface area (Å²) in [7, 11) is 1.26. The number of rotatable bonds is 3. The molecule has 108 valence electrons. The highest BCUT2D eigenvalue weighted by Crippen LogP contribution is 2.18. The molecule has 21 heavy (non-hydrogen) atoms. The lowest BCUT2D eigenvalue weighted by molar-refractivity contribution is 0.0602. The van der Waals surface area contributed by atoms with Crippen molar-refractivity contribution >= 4 is 17.6 Å². The summed E-state index contributed by atoms with van der Waals surface area (Å²) in [5, 5.41) is 2.60. The molecule has 1 amide bonds. The van der Waals surface area contributed by atoms with Crippen molar-refractivity contribution in [2.75, 3.05) is 12.4 Å². The summed E-state index contributed by atoms with van der Waals surface area (Å²) in [6.45, 7) is 1.71. The zero-order valence-electron chi connectivity index (χ0n) is 11.6. The van der Waals surface area contributed by atoms with E-state index in [0.717, 1.165) is 6.07 Å². The molecule has 2 rings (SSSR count). The number of amides is 1. The van der Waals surface area contributed by atoms with Gasteiger partial charge >= 0.3 is 5.97 Å². The molecule has 0 aliphatic carbocycles. The fourth-order valence-electron chi connectivity index (χ4n) is 1.91. The van der Waals surface area contributed by atoms with Gasteiger partial charge in [0.2, 0.25) is 0 Å². The summed E-state index contributed by atoms with van der Waals surface area (Å²) in [5.74, 6) is -1.53. The van der Waals surface area contributed by atoms with Crippen molar-refractivity contribution in [3.8, 4) is 0 Å². The Hall–Kier alpha value is -2.69. The monoisotopic (exact) mass is 287 g/mol. The molecular weight excluding hydrogens is 273 g/mol. The summed E-state index contributed by atoms with van der Waals surface area (Å²) in [5.41, 5.74) is 1.42. The standard InChI is InChI=1S/C16H14FNO3/c1-10-7-8-11(17)9-13(10)15(19)18-14-6-4-3-5-12(14)16(20)21-2/h3-9H,1-2H3,(H,18,19). The van der Waals surface area contributed by atoms with Gasteiger partial charge in [-0.25, -0.2) is 9.18 Å². The first-order chi connectivity index (χ1) is 10.0. The molecular formula is C16H14FNO3. The molecule has 0 aliphatic rings. The van der Waals surface area contributed by atoms with Gasteiger partial charge in [-0.3, -0.25) is 4.79 Å². The lowest BCUT2D eigenvalue weighted by atomic mass is 10.1. The van der Waals surface area contributed by atoms with Gasteiger partial charge in [-0.1, -0.05) is 18.2 Å². The van der Waals surface area contributed by atoms with Gasteiger partial charge in [0.15, 0.2) is 0 Å². The normalized spacial score (nSPS) is 10.0. The number of ether oxygens (including phenoxy) is 1. The van der Waals surface area contributed by atoms with Gasteiger partial charge < -0.3 is 10.1 Å². The number of hydrogen-bond acceptors (Lipinski definition) is 3. The van der Waals surface area contributed by atoms with Crippen molar-refractivity contribution < 1.29 is 18.7 Å². The number of para-hydroxylation sites is 1. The molecule has 0 aliphatic heterocycles. The van der Waals surface area contributed by atoms with Gasteiger partial charge in [-0.15, -0.1) is 0 Å². The van der Waals surface area contributed by atoms with Gasteiger partial charge in [-0.05, 0) is 36.8 Å². The van der Waals surface area contributed by atoms with Gasteiger partial charge in [0, 0.05) is 5.56 Å². The second-order valence-electron chi connectivity index (χ2n) is 4.45. The first-order valence-electron chi connectivity index (χ1n) is 6.27. The maximum atomic E-state index is 13.3. The lowest BCUT2D eigenvalue weighted by Crippen LogP contribution is -2.16. The molecule has 2 aromatic carbocycles. The molecule has 0 saturated heterocycles. The molecule has 0 heterocycles. The molecule has 0 fully saturated rings. The molecule has 4 nitrogen and oxygen atoms in total. The zero-order chi connectivity index (χ0) is 15.4. The Morgan fingerprint density at radius 1 is 1.10 bits per heavy atom. The van der Waals surface area contributed by atoms with Gasteiger partial charge in [0.1, 0.15) is 5.82 Å². The third-order valence-electron chi connectivity index (χ3n) is 3.02. The van der Waals surface area contributed by atoms with E-state index in [0.29, 0.717) is 11.3 Å². The lowest BCUT2D eigenvalue weighted by Gasteiger charge is -2.11. The number of carbonyl (C=O) groups excluding carboxylic acids is 2. The Bertz CT molecular complexity index is 698. The average molecular weight is 287 g/mol.